The van der Waals surface area contributed by atoms with Gasteiger partial charge in [0, 0.05) is 37.4 Å². The summed E-state index contributed by atoms with van der Waals surface area (Å²) < 4.78 is 5.41. The Morgan fingerprint density at radius 2 is 1.61 bits per heavy atom. The summed E-state index contributed by atoms with van der Waals surface area (Å²) in [6.07, 6.45) is 0. The molecule has 3 rings (SSSR count). The van der Waals surface area contributed by atoms with E-state index in [4.69, 9.17) is 4.42 Å². The molecule has 5 heteroatoms. The summed E-state index contributed by atoms with van der Waals surface area (Å²) >= 11 is 0. The van der Waals surface area contributed by atoms with Crippen molar-refractivity contribution in [2.45, 2.75) is 13.8 Å². The van der Waals surface area contributed by atoms with E-state index < -0.39 is 0 Å². The third-order valence-electron chi connectivity index (χ3n) is 4.16. The molecule has 0 unspecified atom stereocenters. The Hall–Kier alpha value is -2.56. The van der Waals surface area contributed by atoms with Crippen LogP contribution in [0.2, 0.25) is 0 Å². The topological polar surface area (TPSA) is 53.8 Å². The fourth-order valence-electron chi connectivity index (χ4n) is 2.78. The van der Waals surface area contributed by atoms with Gasteiger partial charge in [0.2, 0.25) is 0 Å². The number of furan rings is 1. The van der Waals surface area contributed by atoms with E-state index in [-0.39, 0.29) is 11.7 Å². The number of aryl methyl sites for hydroxylation is 1. The Bertz CT molecular complexity index is 710. The van der Waals surface area contributed by atoms with E-state index in [2.05, 4.69) is 4.90 Å². The van der Waals surface area contributed by atoms with Crippen molar-refractivity contribution >= 4 is 17.4 Å². The van der Waals surface area contributed by atoms with E-state index in [1.165, 1.54) is 0 Å². The Morgan fingerprint density at radius 1 is 0.957 bits per heavy atom. The molecule has 1 aromatic carbocycles. The monoisotopic (exact) mass is 312 g/mol. The van der Waals surface area contributed by atoms with Gasteiger partial charge in [-0.15, -0.1) is 0 Å². The third kappa shape index (κ3) is 3.28. The summed E-state index contributed by atoms with van der Waals surface area (Å²) in [5.74, 6) is 1.17. The molecular weight excluding hydrogens is 292 g/mol. The predicted octanol–water partition coefficient (Wildman–Crippen LogP) is 2.75. The van der Waals surface area contributed by atoms with Crippen LogP contribution in [0.15, 0.2) is 40.8 Å². The van der Waals surface area contributed by atoms with Gasteiger partial charge in [-0.1, -0.05) is 0 Å². The van der Waals surface area contributed by atoms with Crippen LogP contribution in [0.4, 0.5) is 5.69 Å². The lowest BCUT2D eigenvalue weighted by Crippen LogP contribution is -2.48. The number of nitrogens with zero attached hydrogens (tertiary/aromatic N) is 2. The smallest absolute Gasteiger partial charge is 0.289 e. The molecule has 0 radical (unpaired) electrons. The molecule has 1 saturated heterocycles. The van der Waals surface area contributed by atoms with Crippen LogP contribution in [0.5, 0.6) is 0 Å². The Balaban J connectivity index is 1.61. The van der Waals surface area contributed by atoms with E-state index in [9.17, 15) is 9.59 Å². The maximum atomic E-state index is 12.4. The number of carbonyl (C=O) groups excluding carboxylic acids is 2. The van der Waals surface area contributed by atoms with Crippen LogP contribution in [-0.2, 0) is 0 Å². The maximum absolute atomic E-state index is 12.4. The van der Waals surface area contributed by atoms with Crippen LogP contribution in [0.3, 0.4) is 0 Å². The Kier molecular flexibility index (Phi) is 4.19. The van der Waals surface area contributed by atoms with Crippen molar-refractivity contribution in [2.24, 2.45) is 0 Å². The average molecular weight is 312 g/mol. The van der Waals surface area contributed by atoms with Crippen molar-refractivity contribution in [3.8, 4) is 0 Å². The minimum absolute atomic E-state index is 0.0512. The molecule has 23 heavy (non-hydrogen) atoms. The highest BCUT2D eigenvalue weighted by atomic mass is 16.3. The SMILES string of the molecule is CC(=O)c1ccc(N2CCN(C(=O)c3ccc(C)o3)CC2)cc1. The number of hydrogen-bond acceptors (Lipinski definition) is 4. The highest BCUT2D eigenvalue weighted by Gasteiger charge is 2.24. The van der Waals surface area contributed by atoms with E-state index >= 15 is 0 Å². The summed E-state index contributed by atoms with van der Waals surface area (Å²) in [5, 5.41) is 0. The van der Waals surface area contributed by atoms with E-state index in [0.717, 1.165) is 30.1 Å². The number of amides is 1. The molecule has 1 amide bonds. The number of piperazine rings is 1. The van der Waals surface area contributed by atoms with E-state index in [0.29, 0.717) is 18.8 Å². The molecule has 1 aliphatic heterocycles. The van der Waals surface area contributed by atoms with Crippen LogP contribution >= 0.6 is 0 Å². The van der Waals surface area contributed by atoms with Crippen molar-refractivity contribution in [1.82, 2.24) is 4.90 Å². The molecule has 0 bridgehead atoms. The van der Waals surface area contributed by atoms with Crippen molar-refractivity contribution in [2.75, 3.05) is 31.1 Å². The van der Waals surface area contributed by atoms with Gasteiger partial charge in [0.15, 0.2) is 11.5 Å². The zero-order chi connectivity index (χ0) is 16.4. The van der Waals surface area contributed by atoms with Crippen molar-refractivity contribution in [3.05, 3.63) is 53.5 Å². The number of carbonyl (C=O) groups is 2. The number of anilines is 1. The minimum Gasteiger partial charge on any atom is -0.456 e. The predicted molar refractivity (Wildman–Crippen MR) is 88.0 cm³/mol. The number of benzene rings is 1. The third-order valence-corrected chi connectivity index (χ3v) is 4.16. The summed E-state index contributed by atoms with van der Waals surface area (Å²) in [6, 6.07) is 11.2. The molecule has 0 aliphatic carbocycles. The molecule has 0 atom stereocenters. The van der Waals surface area contributed by atoms with Crippen LogP contribution < -0.4 is 4.90 Å². The van der Waals surface area contributed by atoms with Gasteiger partial charge in [-0.25, -0.2) is 0 Å². The summed E-state index contributed by atoms with van der Waals surface area (Å²) in [5.41, 5.74) is 1.80. The molecular formula is C18H20N2O3. The Morgan fingerprint density at radius 3 is 2.13 bits per heavy atom. The van der Waals surface area contributed by atoms with Crippen LogP contribution in [0, 0.1) is 6.92 Å². The quantitative estimate of drug-likeness (QED) is 0.818. The van der Waals surface area contributed by atoms with Gasteiger partial charge < -0.3 is 14.2 Å². The number of hydrogen-bond donors (Lipinski definition) is 0. The highest BCUT2D eigenvalue weighted by molar-refractivity contribution is 5.94. The molecule has 1 fully saturated rings. The molecule has 0 spiro atoms. The van der Waals surface area contributed by atoms with Gasteiger partial charge in [-0.05, 0) is 50.2 Å². The number of rotatable bonds is 3. The first kappa shape index (κ1) is 15.3. The Labute approximate surface area is 135 Å². The lowest BCUT2D eigenvalue weighted by atomic mass is 10.1. The summed E-state index contributed by atoms with van der Waals surface area (Å²) in [4.78, 5) is 27.7. The van der Waals surface area contributed by atoms with E-state index in [1.54, 1.807) is 19.1 Å². The molecule has 5 nitrogen and oxygen atoms in total. The van der Waals surface area contributed by atoms with Gasteiger partial charge >= 0.3 is 0 Å². The highest BCUT2D eigenvalue weighted by Crippen LogP contribution is 2.19. The van der Waals surface area contributed by atoms with Crippen LogP contribution in [0.1, 0.15) is 33.6 Å². The first-order chi connectivity index (χ1) is 11.0. The van der Waals surface area contributed by atoms with E-state index in [1.807, 2.05) is 36.1 Å². The largest absolute Gasteiger partial charge is 0.456 e. The number of Topliss-reactive ketones (excluding diaryl/α,β-unsaturated/α-hetero) is 1. The molecule has 1 aliphatic rings. The number of ketones is 1. The lowest BCUT2D eigenvalue weighted by molar-refractivity contribution is 0.0713. The molecule has 120 valence electrons. The molecule has 2 aromatic rings. The maximum Gasteiger partial charge on any atom is 0.289 e. The fraction of sp³-hybridized carbons (Fsp3) is 0.333. The molecule has 2 heterocycles. The van der Waals surface area contributed by atoms with Crippen molar-refractivity contribution in [3.63, 3.8) is 0 Å². The summed E-state index contributed by atoms with van der Waals surface area (Å²) in [7, 11) is 0. The normalized spacial score (nSPS) is 14.9. The van der Waals surface area contributed by atoms with Crippen LogP contribution in [-0.4, -0.2) is 42.8 Å². The van der Waals surface area contributed by atoms with Crippen molar-refractivity contribution in [1.29, 1.82) is 0 Å². The average Bonchev–Trinajstić information content (AvgIpc) is 3.01. The van der Waals surface area contributed by atoms with Gasteiger partial charge in [0.1, 0.15) is 5.76 Å². The molecule has 0 N–H and O–H groups in total. The summed E-state index contributed by atoms with van der Waals surface area (Å²) in [6.45, 7) is 6.25. The first-order valence-electron chi connectivity index (χ1n) is 7.76. The molecule has 1 aromatic heterocycles. The minimum atomic E-state index is -0.0512. The van der Waals surface area contributed by atoms with Gasteiger partial charge in [-0.3, -0.25) is 9.59 Å². The second-order valence-corrected chi connectivity index (χ2v) is 5.79. The zero-order valence-corrected chi connectivity index (χ0v) is 13.4. The first-order valence-corrected chi connectivity index (χ1v) is 7.76. The second-order valence-electron chi connectivity index (χ2n) is 5.79. The van der Waals surface area contributed by atoms with Crippen LogP contribution in [0.25, 0.3) is 0 Å². The zero-order valence-electron chi connectivity index (χ0n) is 13.4. The van der Waals surface area contributed by atoms with Crippen molar-refractivity contribution < 1.29 is 14.0 Å². The fourth-order valence-corrected chi connectivity index (χ4v) is 2.78. The van der Waals surface area contributed by atoms with Gasteiger partial charge in [0.25, 0.3) is 5.91 Å². The standard InChI is InChI=1S/C18H20N2O3/c1-13-3-8-17(23-13)18(22)20-11-9-19(10-12-20)16-6-4-15(5-7-16)14(2)21/h3-8H,9-12H2,1-2H3. The van der Waals surface area contributed by atoms with Gasteiger partial charge in [0.05, 0.1) is 0 Å². The molecule has 0 saturated carbocycles. The second kappa shape index (κ2) is 6.28. The lowest BCUT2D eigenvalue weighted by Gasteiger charge is -2.35. The van der Waals surface area contributed by atoms with Gasteiger partial charge in [-0.2, -0.15) is 0 Å².